The molecule has 2 amide bonds. The van der Waals surface area contributed by atoms with E-state index in [0.717, 1.165) is 5.69 Å². The van der Waals surface area contributed by atoms with Gasteiger partial charge in [-0.05, 0) is 24.3 Å². The summed E-state index contributed by atoms with van der Waals surface area (Å²) in [6.07, 6.45) is 1.84. The molecule has 0 aliphatic heterocycles. The number of nitrogens with zero attached hydrogens (tertiary/aromatic N) is 2. The second-order valence-electron chi connectivity index (χ2n) is 5.56. The normalized spacial score (nSPS) is 10.1. The maximum absolute atomic E-state index is 12.1. The first-order chi connectivity index (χ1) is 12.5. The summed E-state index contributed by atoms with van der Waals surface area (Å²) in [7, 11) is 3.08. The number of carbonyl (C=O) groups excluding carboxylic acids is 2. The van der Waals surface area contributed by atoms with Crippen LogP contribution in [0.25, 0.3) is 0 Å². The number of benzene rings is 1. The molecule has 0 fully saturated rings. The van der Waals surface area contributed by atoms with Gasteiger partial charge in [-0.2, -0.15) is 0 Å². The molecule has 0 radical (unpaired) electrons. The average Bonchev–Trinajstić information content (AvgIpc) is 2.67. The van der Waals surface area contributed by atoms with Crippen LogP contribution in [0.2, 0.25) is 0 Å². The average molecular weight is 357 g/mol. The molecule has 0 saturated carbocycles. The summed E-state index contributed by atoms with van der Waals surface area (Å²) < 4.78 is 10.5. The number of amides is 2. The van der Waals surface area contributed by atoms with Gasteiger partial charge in [-0.25, -0.2) is 0 Å². The predicted molar refractivity (Wildman–Crippen MR) is 98.3 cm³/mol. The van der Waals surface area contributed by atoms with E-state index < -0.39 is 0 Å². The highest BCUT2D eigenvalue weighted by molar-refractivity contribution is 5.94. The number of rotatable bonds is 8. The van der Waals surface area contributed by atoms with Crippen molar-refractivity contribution in [2.75, 3.05) is 25.7 Å². The third-order valence-electron chi connectivity index (χ3n) is 3.81. The van der Waals surface area contributed by atoms with Crippen LogP contribution < -0.4 is 19.7 Å². The van der Waals surface area contributed by atoms with Gasteiger partial charge in [-0.3, -0.25) is 14.6 Å². The quantitative estimate of drug-likeness (QED) is 0.783. The number of hydrogen-bond donors (Lipinski definition) is 1. The lowest BCUT2D eigenvalue weighted by Crippen LogP contribution is -2.34. The second kappa shape index (κ2) is 9.41. The number of methoxy groups -OCH3 is 2. The Morgan fingerprint density at radius 2 is 1.96 bits per heavy atom. The number of aromatic nitrogens is 1. The summed E-state index contributed by atoms with van der Waals surface area (Å²) in [5.74, 6) is 0.802. The van der Waals surface area contributed by atoms with Crippen LogP contribution in [0.3, 0.4) is 0 Å². The fourth-order valence-corrected chi connectivity index (χ4v) is 2.45. The van der Waals surface area contributed by atoms with Crippen LogP contribution in [-0.4, -0.2) is 37.6 Å². The zero-order valence-corrected chi connectivity index (χ0v) is 15.2. The maximum Gasteiger partial charge on any atom is 0.223 e. The molecule has 0 aliphatic rings. The lowest BCUT2D eigenvalue weighted by atomic mass is 10.2. The van der Waals surface area contributed by atoms with Gasteiger partial charge in [0.05, 0.1) is 32.1 Å². The molecule has 0 aliphatic carbocycles. The molecule has 0 bridgehead atoms. The van der Waals surface area contributed by atoms with Crippen molar-refractivity contribution >= 4 is 17.5 Å². The first kappa shape index (κ1) is 19.2. The van der Waals surface area contributed by atoms with Gasteiger partial charge in [-0.15, -0.1) is 0 Å². The molecule has 1 aromatic carbocycles. The van der Waals surface area contributed by atoms with Crippen molar-refractivity contribution in [3.05, 3.63) is 48.3 Å². The van der Waals surface area contributed by atoms with Gasteiger partial charge in [0.15, 0.2) is 0 Å². The van der Waals surface area contributed by atoms with Crippen LogP contribution in [0.1, 0.15) is 19.0 Å². The summed E-state index contributed by atoms with van der Waals surface area (Å²) in [6, 6.07) is 10.7. The third kappa shape index (κ3) is 5.20. The smallest absolute Gasteiger partial charge is 0.223 e. The Morgan fingerprint density at radius 3 is 2.58 bits per heavy atom. The van der Waals surface area contributed by atoms with Crippen molar-refractivity contribution in [1.29, 1.82) is 0 Å². The van der Waals surface area contributed by atoms with E-state index >= 15 is 0 Å². The predicted octanol–water partition coefficient (Wildman–Crippen LogP) is 2.16. The molecule has 0 saturated heterocycles. The maximum atomic E-state index is 12.1. The Labute approximate surface area is 152 Å². The van der Waals surface area contributed by atoms with E-state index in [1.165, 1.54) is 18.9 Å². The van der Waals surface area contributed by atoms with Crippen LogP contribution in [0.5, 0.6) is 11.5 Å². The fraction of sp³-hybridized carbons (Fsp3) is 0.316. The van der Waals surface area contributed by atoms with Crippen LogP contribution in [0.15, 0.2) is 42.6 Å². The van der Waals surface area contributed by atoms with E-state index in [9.17, 15) is 9.59 Å². The van der Waals surface area contributed by atoms with Crippen LogP contribution in [0, 0.1) is 0 Å². The first-order valence-corrected chi connectivity index (χ1v) is 8.22. The van der Waals surface area contributed by atoms with Gasteiger partial charge in [0, 0.05) is 32.2 Å². The molecule has 7 nitrogen and oxygen atoms in total. The Hall–Kier alpha value is -3.09. The zero-order chi connectivity index (χ0) is 18.9. The van der Waals surface area contributed by atoms with Crippen molar-refractivity contribution in [1.82, 2.24) is 10.3 Å². The molecule has 0 unspecified atom stereocenters. The monoisotopic (exact) mass is 357 g/mol. The molecule has 7 heteroatoms. The summed E-state index contributed by atoms with van der Waals surface area (Å²) in [4.78, 5) is 29.8. The molecule has 1 heterocycles. The molecular formula is C19H23N3O4. The van der Waals surface area contributed by atoms with Crippen molar-refractivity contribution in [3.63, 3.8) is 0 Å². The van der Waals surface area contributed by atoms with Crippen molar-refractivity contribution in [3.8, 4) is 11.5 Å². The van der Waals surface area contributed by atoms with E-state index in [4.69, 9.17) is 9.47 Å². The highest BCUT2D eigenvalue weighted by atomic mass is 16.5. The Balaban J connectivity index is 2.00. The molecule has 1 aromatic heterocycles. The minimum Gasteiger partial charge on any atom is -0.497 e. The van der Waals surface area contributed by atoms with Gasteiger partial charge >= 0.3 is 0 Å². The van der Waals surface area contributed by atoms with Gasteiger partial charge in [-0.1, -0.05) is 6.07 Å². The number of pyridine rings is 1. The number of ether oxygens (including phenoxy) is 2. The van der Waals surface area contributed by atoms with Crippen molar-refractivity contribution < 1.29 is 19.1 Å². The van der Waals surface area contributed by atoms with E-state index in [2.05, 4.69) is 10.3 Å². The largest absolute Gasteiger partial charge is 0.497 e. The third-order valence-corrected chi connectivity index (χ3v) is 3.81. The number of anilines is 1. The molecule has 26 heavy (non-hydrogen) atoms. The molecular weight excluding hydrogens is 334 g/mol. The van der Waals surface area contributed by atoms with Gasteiger partial charge in [0.25, 0.3) is 0 Å². The number of carbonyl (C=O) groups is 2. The summed E-state index contributed by atoms with van der Waals surface area (Å²) in [5, 5.41) is 2.80. The summed E-state index contributed by atoms with van der Waals surface area (Å²) >= 11 is 0. The van der Waals surface area contributed by atoms with E-state index in [1.807, 2.05) is 18.2 Å². The SMILES string of the molecule is COc1ccc(N(CCC(=O)NCc2ccccn2)C(C)=O)c(OC)c1. The molecule has 0 spiro atoms. The molecule has 138 valence electrons. The summed E-state index contributed by atoms with van der Waals surface area (Å²) in [6.45, 7) is 2.05. The highest BCUT2D eigenvalue weighted by Crippen LogP contribution is 2.32. The lowest BCUT2D eigenvalue weighted by molar-refractivity contribution is -0.121. The van der Waals surface area contributed by atoms with Crippen molar-refractivity contribution in [2.24, 2.45) is 0 Å². The minimum atomic E-state index is -0.175. The van der Waals surface area contributed by atoms with Gasteiger partial charge in [0.2, 0.25) is 11.8 Å². The Morgan fingerprint density at radius 1 is 1.15 bits per heavy atom. The molecule has 1 N–H and O–H groups in total. The van der Waals surface area contributed by atoms with Crippen molar-refractivity contribution in [2.45, 2.75) is 19.9 Å². The van der Waals surface area contributed by atoms with Gasteiger partial charge in [0.1, 0.15) is 11.5 Å². The van der Waals surface area contributed by atoms with E-state index in [0.29, 0.717) is 23.7 Å². The molecule has 2 rings (SSSR count). The topological polar surface area (TPSA) is 80.8 Å². The molecule has 0 atom stereocenters. The lowest BCUT2D eigenvalue weighted by Gasteiger charge is -2.23. The van der Waals surface area contributed by atoms with Crippen LogP contribution in [-0.2, 0) is 16.1 Å². The Kier molecular flexibility index (Phi) is 6.96. The van der Waals surface area contributed by atoms with E-state index in [-0.39, 0.29) is 24.8 Å². The van der Waals surface area contributed by atoms with E-state index in [1.54, 1.807) is 31.5 Å². The zero-order valence-electron chi connectivity index (χ0n) is 15.2. The highest BCUT2D eigenvalue weighted by Gasteiger charge is 2.18. The summed E-state index contributed by atoms with van der Waals surface area (Å²) in [5.41, 5.74) is 1.37. The number of nitrogens with one attached hydrogen (secondary N) is 1. The van der Waals surface area contributed by atoms with Gasteiger partial charge < -0.3 is 19.7 Å². The first-order valence-electron chi connectivity index (χ1n) is 8.22. The molecule has 2 aromatic rings. The number of hydrogen-bond acceptors (Lipinski definition) is 5. The second-order valence-corrected chi connectivity index (χ2v) is 5.56. The van der Waals surface area contributed by atoms with Crippen LogP contribution >= 0.6 is 0 Å². The minimum absolute atomic E-state index is 0.158. The fourth-order valence-electron chi connectivity index (χ4n) is 2.45. The standard InChI is InChI=1S/C19H23N3O4/c1-14(23)22(17-8-7-16(25-2)12-18(17)26-3)11-9-19(24)21-13-15-6-4-5-10-20-15/h4-8,10,12H,9,11,13H2,1-3H3,(H,21,24). The Bertz CT molecular complexity index is 750. The van der Waals surface area contributed by atoms with Crippen LogP contribution in [0.4, 0.5) is 5.69 Å².